The van der Waals surface area contributed by atoms with Crippen LogP contribution in [0.4, 0.5) is 4.79 Å². The number of ether oxygens (including phenoxy) is 2. The molecule has 1 amide bonds. The SMILES string of the molecule is CC(C)(C)OC(=O)C(=O)OC(C)(C)C.CC1CCNCCN1C(=O)O. The molecule has 0 aromatic heterocycles. The Hall–Kier alpha value is -1.83. The van der Waals surface area contributed by atoms with Crippen molar-refractivity contribution >= 4 is 18.0 Å². The number of hydrogen-bond donors (Lipinski definition) is 2. The van der Waals surface area contributed by atoms with Gasteiger partial charge >= 0.3 is 18.0 Å². The van der Waals surface area contributed by atoms with Gasteiger partial charge in [0, 0.05) is 19.1 Å². The molecule has 0 saturated carbocycles. The first-order chi connectivity index (χ1) is 11.2. The van der Waals surface area contributed by atoms with Crippen molar-refractivity contribution in [2.75, 3.05) is 19.6 Å². The Kier molecular flexibility index (Phi) is 8.90. The van der Waals surface area contributed by atoms with Gasteiger partial charge in [0.15, 0.2) is 0 Å². The van der Waals surface area contributed by atoms with Crippen LogP contribution in [0.3, 0.4) is 0 Å². The fraction of sp³-hybridized carbons (Fsp3) is 0.824. The van der Waals surface area contributed by atoms with Crippen molar-refractivity contribution in [2.45, 2.75) is 72.1 Å². The second-order valence-electron chi connectivity index (χ2n) is 7.87. The minimum atomic E-state index is -0.951. The number of hydrogen-bond acceptors (Lipinski definition) is 6. The van der Waals surface area contributed by atoms with Crippen LogP contribution in [0.2, 0.25) is 0 Å². The lowest BCUT2D eigenvalue weighted by molar-refractivity contribution is -0.180. The van der Waals surface area contributed by atoms with Gasteiger partial charge in [0.1, 0.15) is 11.2 Å². The number of amides is 1. The van der Waals surface area contributed by atoms with Crippen molar-refractivity contribution in [1.82, 2.24) is 10.2 Å². The molecule has 146 valence electrons. The van der Waals surface area contributed by atoms with E-state index in [9.17, 15) is 14.4 Å². The largest absolute Gasteiger partial charge is 0.465 e. The van der Waals surface area contributed by atoms with Crippen LogP contribution in [0.25, 0.3) is 0 Å². The summed E-state index contributed by atoms with van der Waals surface area (Å²) < 4.78 is 9.66. The minimum Gasteiger partial charge on any atom is -0.465 e. The van der Waals surface area contributed by atoms with Gasteiger partial charge in [-0.1, -0.05) is 0 Å². The molecule has 0 aromatic carbocycles. The van der Waals surface area contributed by atoms with Crippen molar-refractivity contribution in [3.63, 3.8) is 0 Å². The minimum absolute atomic E-state index is 0.155. The molecule has 0 aromatic rings. The van der Waals surface area contributed by atoms with E-state index in [1.54, 1.807) is 41.5 Å². The molecule has 25 heavy (non-hydrogen) atoms. The summed E-state index contributed by atoms with van der Waals surface area (Å²) in [6.45, 7) is 14.4. The van der Waals surface area contributed by atoms with Crippen molar-refractivity contribution in [1.29, 1.82) is 0 Å². The Balaban J connectivity index is 0.000000472. The molecule has 8 nitrogen and oxygen atoms in total. The van der Waals surface area contributed by atoms with E-state index in [0.29, 0.717) is 6.54 Å². The first kappa shape index (κ1) is 23.2. The van der Waals surface area contributed by atoms with Gasteiger partial charge < -0.3 is 24.8 Å². The molecule has 0 aliphatic carbocycles. The quantitative estimate of drug-likeness (QED) is 0.503. The third kappa shape index (κ3) is 11.4. The molecular formula is C17H32N2O6. The van der Waals surface area contributed by atoms with E-state index in [1.165, 1.54) is 4.90 Å². The molecule has 1 unspecified atom stereocenters. The van der Waals surface area contributed by atoms with Crippen LogP contribution in [0.15, 0.2) is 0 Å². The standard InChI is InChI=1S/C10H18O4.C7H14N2O2/c1-9(2,3)13-7(11)8(12)14-10(4,5)6;1-6-2-3-8-4-5-9(6)7(10)11/h1-6H3;6,8H,2-5H2,1H3,(H,10,11). The van der Waals surface area contributed by atoms with Crippen molar-refractivity contribution in [2.24, 2.45) is 0 Å². The van der Waals surface area contributed by atoms with Crippen molar-refractivity contribution in [3.05, 3.63) is 0 Å². The molecule has 1 atom stereocenters. The maximum absolute atomic E-state index is 11.1. The van der Waals surface area contributed by atoms with E-state index in [4.69, 9.17) is 14.6 Å². The molecular weight excluding hydrogens is 328 g/mol. The van der Waals surface area contributed by atoms with Gasteiger partial charge in [-0.3, -0.25) is 0 Å². The fourth-order valence-corrected chi connectivity index (χ4v) is 1.94. The molecule has 1 saturated heterocycles. The highest BCUT2D eigenvalue weighted by molar-refractivity contribution is 6.29. The van der Waals surface area contributed by atoms with Gasteiger partial charge in [-0.05, 0) is 61.4 Å². The predicted molar refractivity (Wildman–Crippen MR) is 93.4 cm³/mol. The van der Waals surface area contributed by atoms with E-state index in [2.05, 4.69) is 5.32 Å². The van der Waals surface area contributed by atoms with Crippen LogP contribution in [0, 0.1) is 0 Å². The Morgan fingerprint density at radius 1 is 0.960 bits per heavy atom. The second kappa shape index (κ2) is 9.60. The highest BCUT2D eigenvalue weighted by Gasteiger charge is 2.27. The average Bonchev–Trinajstić information content (AvgIpc) is 2.60. The summed E-state index contributed by atoms with van der Waals surface area (Å²) in [7, 11) is 0. The third-order valence-electron chi connectivity index (χ3n) is 3.01. The molecule has 0 spiro atoms. The number of carboxylic acid groups (broad SMARTS) is 1. The van der Waals surface area contributed by atoms with Crippen LogP contribution in [0.1, 0.15) is 54.9 Å². The summed E-state index contributed by atoms with van der Waals surface area (Å²) in [5, 5.41) is 11.9. The smallest absolute Gasteiger partial charge is 0.418 e. The molecule has 1 aliphatic rings. The van der Waals surface area contributed by atoms with Gasteiger partial charge in [-0.25, -0.2) is 14.4 Å². The molecule has 8 heteroatoms. The van der Waals surface area contributed by atoms with Crippen LogP contribution in [-0.2, 0) is 19.1 Å². The first-order valence-corrected chi connectivity index (χ1v) is 8.39. The Bertz CT molecular complexity index is 439. The molecule has 1 aliphatic heterocycles. The molecule has 1 heterocycles. The summed E-state index contributed by atoms with van der Waals surface area (Å²) in [5.41, 5.74) is -1.35. The highest BCUT2D eigenvalue weighted by Crippen LogP contribution is 2.11. The summed E-state index contributed by atoms with van der Waals surface area (Å²) in [6, 6.07) is 0.155. The van der Waals surface area contributed by atoms with E-state index in [-0.39, 0.29) is 6.04 Å². The summed E-state index contributed by atoms with van der Waals surface area (Å²) in [4.78, 5) is 34.4. The zero-order chi connectivity index (χ0) is 19.8. The zero-order valence-electron chi connectivity index (χ0n) is 16.3. The van der Waals surface area contributed by atoms with Crippen LogP contribution in [-0.4, -0.2) is 64.9 Å². The second-order valence-corrected chi connectivity index (χ2v) is 7.87. The van der Waals surface area contributed by atoms with Crippen LogP contribution < -0.4 is 5.32 Å². The van der Waals surface area contributed by atoms with Gasteiger partial charge in [0.2, 0.25) is 0 Å². The normalized spacial score (nSPS) is 18.4. The molecule has 2 N–H and O–H groups in total. The van der Waals surface area contributed by atoms with Crippen LogP contribution in [0.5, 0.6) is 0 Å². The molecule has 1 fully saturated rings. The number of nitrogens with zero attached hydrogens (tertiary/aromatic N) is 1. The van der Waals surface area contributed by atoms with Gasteiger partial charge in [-0.15, -0.1) is 0 Å². The van der Waals surface area contributed by atoms with Gasteiger partial charge in [-0.2, -0.15) is 0 Å². The topological polar surface area (TPSA) is 105 Å². The maximum Gasteiger partial charge on any atom is 0.418 e. The van der Waals surface area contributed by atoms with Crippen LogP contribution >= 0.6 is 0 Å². The molecule has 1 rings (SSSR count). The number of carbonyl (C=O) groups is 3. The van der Waals surface area contributed by atoms with Gasteiger partial charge in [0.05, 0.1) is 0 Å². The fourth-order valence-electron chi connectivity index (χ4n) is 1.94. The Morgan fingerprint density at radius 2 is 1.40 bits per heavy atom. The molecule has 0 radical (unpaired) electrons. The van der Waals surface area contributed by atoms with Gasteiger partial charge in [0.25, 0.3) is 0 Å². The lowest BCUT2D eigenvalue weighted by atomic mass is 10.2. The van der Waals surface area contributed by atoms with E-state index in [0.717, 1.165) is 19.5 Å². The maximum atomic E-state index is 11.1. The third-order valence-corrected chi connectivity index (χ3v) is 3.01. The first-order valence-electron chi connectivity index (χ1n) is 8.39. The predicted octanol–water partition coefficient (Wildman–Crippen LogP) is 2.02. The van der Waals surface area contributed by atoms with E-state index in [1.807, 2.05) is 6.92 Å². The molecule has 0 bridgehead atoms. The number of nitrogens with one attached hydrogen (secondary N) is 1. The zero-order valence-corrected chi connectivity index (χ0v) is 16.3. The number of carbonyl (C=O) groups excluding carboxylic acids is 2. The summed E-state index contributed by atoms with van der Waals surface area (Å²) >= 11 is 0. The lowest BCUT2D eigenvalue weighted by Gasteiger charge is -2.22. The Morgan fingerprint density at radius 3 is 1.76 bits per heavy atom. The number of rotatable bonds is 0. The summed E-state index contributed by atoms with van der Waals surface area (Å²) in [6.07, 6.45) is 0.105. The monoisotopic (exact) mass is 360 g/mol. The van der Waals surface area contributed by atoms with E-state index < -0.39 is 29.2 Å². The van der Waals surface area contributed by atoms with Crippen molar-refractivity contribution < 1.29 is 29.0 Å². The Labute approximate surface area is 149 Å². The average molecular weight is 360 g/mol. The number of esters is 2. The van der Waals surface area contributed by atoms with E-state index >= 15 is 0 Å². The lowest BCUT2D eigenvalue weighted by Crippen LogP contribution is -2.38. The summed E-state index contributed by atoms with van der Waals surface area (Å²) in [5.74, 6) is -1.90. The van der Waals surface area contributed by atoms with Crippen molar-refractivity contribution in [3.8, 4) is 0 Å². The highest BCUT2D eigenvalue weighted by atomic mass is 16.6.